The SMILES string of the molecule is Cc1[nH]ncc1CNC(C)c1cccc(OC(F)F)c1. The highest BCUT2D eigenvalue weighted by molar-refractivity contribution is 5.30. The van der Waals surface area contributed by atoms with Gasteiger partial charge in [-0.1, -0.05) is 12.1 Å². The molecule has 1 aromatic heterocycles. The number of aromatic amines is 1. The lowest BCUT2D eigenvalue weighted by molar-refractivity contribution is -0.0499. The lowest BCUT2D eigenvalue weighted by atomic mass is 10.1. The number of benzene rings is 1. The molecule has 0 saturated carbocycles. The fourth-order valence-corrected chi connectivity index (χ4v) is 1.89. The Balaban J connectivity index is 1.98. The van der Waals surface area contributed by atoms with Gasteiger partial charge >= 0.3 is 6.61 Å². The smallest absolute Gasteiger partial charge is 0.387 e. The van der Waals surface area contributed by atoms with E-state index in [1.54, 1.807) is 18.3 Å². The third-order valence-corrected chi connectivity index (χ3v) is 3.12. The second kappa shape index (κ2) is 6.47. The summed E-state index contributed by atoms with van der Waals surface area (Å²) < 4.78 is 28.8. The minimum Gasteiger partial charge on any atom is -0.435 e. The molecule has 0 bridgehead atoms. The van der Waals surface area contributed by atoms with Gasteiger partial charge in [0.2, 0.25) is 0 Å². The van der Waals surface area contributed by atoms with Gasteiger partial charge in [-0.25, -0.2) is 0 Å². The van der Waals surface area contributed by atoms with Gasteiger partial charge in [-0.3, -0.25) is 5.10 Å². The summed E-state index contributed by atoms with van der Waals surface area (Å²) >= 11 is 0. The van der Waals surface area contributed by atoms with Crippen LogP contribution in [0, 0.1) is 6.92 Å². The van der Waals surface area contributed by atoms with Crippen molar-refractivity contribution in [3.8, 4) is 5.75 Å². The van der Waals surface area contributed by atoms with E-state index >= 15 is 0 Å². The van der Waals surface area contributed by atoms with Crippen molar-refractivity contribution >= 4 is 0 Å². The number of rotatable bonds is 6. The van der Waals surface area contributed by atoms with Crippen molar-refractivity contribution in [1.29, 1.82) is 0 Å². The van der Waals surface area contributed by atoms with Crippen molar-refractivity contribution in [2.75, 3.05) is 0 Å². The Kier molecular flexibility index (Phi) is 4.68. The molecule has 108 valence electrons. The van der Waals surface area contributed by atoms with E-state index in [1.807, 2.05) is 19.9 Å². The molecule has 0 saturated heterocycles. The van der Waals surface area contributed by atoms with E-state index in [1.165, 1.54) is 6.07 Å². The van der Waals surface area contributed by atoms with Crippen molar-refractivity contribution in [2.45, 2.75) is 33.0 Å². The van der Waals surface area contributed by atoms with Crippen LogP contribution in [0.2, 0.25) is 0 Å². The molecule has 0 amide bonds. The third kappa shape index (κ3) is 3.77. The van der Waals surface area contributed by atoms with Crippen LogP contribution in [0.1, 0.15) is 29.8 Å². The maximum absolute atomic E-state index is 12.2. The first kappa shape index (κ1) is 14.5. The van der Waals surface area contributed by atoms with Crippen molar-refractivity contribution in [3.05, 3.63) is 47.3 Å². The molecular formula is C14H17F2N3O. The van der Waals surface area contributed by atoms with Crippen LogP contribution in [0.4, 0.5) is 8.78 Å². The molecule has 20 heavy (non-hydrogen) atoms. The van der Waals surface area contributed by atoms with Gasteiger partial charge < -0.3 is 10.1 Å². The van der Waals surface area contributed by atoms with Crippen LogP contribution in [-0.4, -0.2) is 16.8 Å². The van der Waals surface area contributed by atoms with E-state index in [0.29, 0.717) is 6.54 Å². The fourth-order valence-electron chi connectivity index (χ4n) is 1.89. The number of aromatic nitrogens is 2. The van der Waals surface area contributed by atoms with Gasteiger partial charge in [0.05, 0.1) is 6.20 Å². The molecule has 4 nitrogen and oxygen atoms in total. The Hall–Kier alpha value is -1.95. The molecule has 2 rings (SSSR count). The Labute approximate surface area is 116 Å². The predicted octanol–water partition coefficient (Wildman–Crippen LogP) is 3.17. The van der Waals surface area contributed by atoms with E-state index in [4.69, 9.17) is 0 Å². The van der Waals surface area contributed by atoms with Crippen LogP contribution in [0.15, 0.2) is 30.5 Å². The number of hydrogen-bond acceptors (Lipinski definition) is 3. The molecule has 0 fully saturated rings. The van der Waals surface area contributed by atoms with Crippen LogP contribution in [0.5, 0.6) is 5.75 Å². The summed E-state index contributed by atoms with van der Waals surface area (Å²) in [5.74, 6) is 0.172. The van der Waals surface area contributed by atoms with Crippen LogP contribution < -0.4 is 10.1 Å². The van der Waals surface area contributed by atoms with Crippen LogP contribution in [0.25, 0.3) is 0 Å². The summed E-state index contributed by atoms with van der Waals surface area (Å²) in [6, 6.07) is 6.73. The molecule has 1 aromatic carbocycles. The van der Waals surface area contributed by atoms with E-state index in [0.717, 1.165) is 16.8 Å². The molecule has 6 heteroatoms. The van der Waals surface area contributed by atoms with Crippen molar-refractivity contribution < 1.29 is 13.5 Å². The van der Waals surface area contributed by atoms with E-state index < -0.39 is 6.61 Å². The number of nitrogens with one attached hydrogen (secondary N) is 2. The molecule has 2 aromatic rings. The molecule has 1 heterocycles. The molecule has 2 N–H and O–H groups in total. The number of ether oxygens (including phenoxy) is 1. The highest BCUT2D eigenvalue weighted by Gasteiger charge is 2.09. The summed E-state index contributed by atoms with van der Waals surface area (Å²) in [7, 11) is 0. The molecule has 1 atom stereocenters. The highest BCUT2D eigenvalue weighted by atomic mass is 19.3. The molecular weight excluding hydrogens is 264 g/mol. The summed E-state index contributed by atoms with van der Waals surface area (Å²) in [6.45, 7) is 1.77. The fraction of sp³-hybridized carbons (Fsp3) is 0.357. The second-order valence-corrected chi connectivity index (χ2v) is 4.57. The predicted molar refractivity (Wildman–Crippen MR) is 71.7 cm³/mol. The quantitative estimate of drug-likeness (QED) is 0.855. The second-order valence-electron chi connectivity index (χ2n) is 4.57. The molecule has 0 aliphatic rings. The minimum absolute atomic E-state index is 0.0190. The Morgan fingerprint density at radius 1 is 1.40 bits per heavy atom. The van der Waals surface area contributed by atoms with Gasteiger partial charge in [0.15, 0.2) is 0 Å². The zero-order valence-electron chi connectivity index (χ0n) is 11.4. The van der Waals surface area contributed by atoms with Gasteiger partial charge in [-0.2, -0.15) is 13.9 Å². The van der Waals surface area contributed by atoms with Crippen molar-refractivity contribution in [1.82, 2.24) is 15.5 Å². The Morgan fingerprint density at radius 3 is 2.85 bits per heavy atom. The lowest BCUT2D eigenvalue weighted by Crippen LogP contribution is -2.18. The maximum atomic E-state index is 12.2. The third-order valence-electron chi connectivity index (χ3n) is 3.12. The van der Waals surface area contributed by atoms with Gasteiger partial charge in [0, 0.05) is 23.8 Å². The largest absolute Gasteiger partial charge is 0.435 e. The zero-order chi connectivity index (χ0) is 14.5. The van der Waals surface area contributed by atoms with E-state index in [-0.39, 0.29) is 11.8 Å². The average molecular weight is 281 g/mol. The number of halogens is 2. The van der Waals surface area contributed by atoms with Crippen LogP contribution in [-0.2, 0) is 6.54 Å². The summed E-state index contributed by atoms with van der Waals surface area (Å²) in [6.07, 6.45) is 1.77. The van der Waals surface area contributed by atoms with Gasteiger partial charge in [-0.05, 0) is 31.5 Å². The van der Waals surface area contributed by atoms with E-state index in [9.17, 15) is 8.78 Å². The van der Waals surface area contributed by atoms with Gasteiger partial charge in [-0.15, -0.1) is 0 Å². The van der Waals surface area contributed by atoms with E-state index in [2.05, 4.69) is 20.3 Å². The highest BCUT2D eigenvalue weighted by Crippen LogP contribution is 2.21. The summed E-state index contributed by atoms with van der Waals surface area (Å²) in [4.78, 5) is 0. The maximum Gasteiger partial charge on any atom is 0.387 e. The summed E-state index contributed by atoms with van der Waals surface area (Å²) in [5, 5.41) is 10.1. The first-order valence-corrected chi connectivity index (χ1v) is 6.33. The zero-order valence-corrected chi connectivity index (χ0v) is 11.4. The minimum atomic E-state index is -2.80. The van der Waals surface area contributed by atoms with Crippen molar-refractivity contribution in [2.24, 2.45) is 0 Å². The monoisotopic (exact) mass is 281 g/mol. The Bertz CT molecular complexity index is 557. The van der Waals surface area contributed by atoms with Gasteiger partial charge in [0.25, 0.3) is 0 Å². The Morgan fingerprint density at radius 2 is 2.20 bits per heavy atom. The number of H-pyrrole nitrogens is 1. The normalized spacial score (nSPS) is 12.7. The molecule has 0 aliphatic heterocycles. The topological polar surface area (TPSA) is 49.9 Å². The van der Waals surface area contributed by atoms with Crippen LogP contribution in [0.3, 0.4) is 0 Å². The molecule has 0 radical (unpaired) electrons. The molecule has 0 aliphatic carbocycles. The first-order chi connectivity index (χ1) is 9.56. The van der Waals surface area contributed by atoms with Gasteiger partial charge in [0.1, 0.15) is 5.75 Å². The summed E-state index contributed by atoms with van der Waals surface area (Å²) in [5.41, 5.74) is 2.99. The lowest BCUT2D eigenvalue weighted by Gasteiger charge is -2.15. The molecule has 0 spiro atoms. The standard InChI is InChI=1S/C14H17F2N3O/c1-9(17-7-12-8-18-19-10(12)2)11-4-3-5-13(6-11)20-14(15)16/h3-6,8-9,14,17H,7H2,1-2H3,(H,18,19). The average Bonchev–Trinajstić information content (AvgIpc) is 2.81. The van der Waals surface area contributed by atoms with Crippen LogP contribution >= 0.6 is 0 Å². The number of aryl methyl sites for hydroxylation is 1. The number of nitrogens with zero attached hydrogens (tertiary/aromatic N) is 1. The molecule has 1 unspecified atom stereocenters. The first-order valence-electron chi connectivity index (χ1n) is 6.33. The number of hydrogen-bond donors (Lipinski definition) is 2. The van der Waals surface area contributed by atoms with Crippen molar-refractivity contribution in [3.63, 3.8) is 0 Å². The number of alkyl halides is 2.